The van der Waals surface area contributed by atoms with Crippen molar-refractivity contribution in [1.82, 2.24) is 15.1 Å². The number of nitrogens with one attached hydrogen (secondary N) is 2. The minimum Gasteiger partial charge on any atom is -0.348 e. The summed E-state index contributed by atoms with van der Waals surface area (Å²) in [5.41, 5.74) is 3.23. The summed E-state index contributed by atoms with van der Waals surface area (Å²) in [5, 5.41) is 6.01. The molecule has 1 saturated heterocycles. The van der Waals surface area contributed by atoms with E-state index in [2.05, 4.69) is 51.6 Å². The smallest absolute Gasteiger partial charge is 0.238 e. The Kier molecular flexibility index (Phi) is 7.99. The van der Waals surface area contributed by atoms with Gasteiger partial charge in [0.15, 0.2) is 0 Å². The normalized spacial score (nSPS) is 16.1. The molecule has 2 aromatic carbocycles. The lowest BCUT2D eigenvalue weighted by atomic mass is 10.1. The number of aryl methyl sites for hydroxylation is 1. The summed E-state index contributed by atoms with van der Waals surface area (Å²) in [5.74, 6) is 0.0349. The van der Waals surface area contributed by atoms with E-state index in [0.29, 0.717) is 13.1 Å². The topological polar surface area (TPSA) is 64.7 Å². The van der Waals surface area contributed by atoms with Crippen molar-refractivity contribution in [3.63, 3.8) is 0 Å². The van der Waals surface area contributed by atoms with Gasteiger partial charge >= 0.3 is 0 Å². The molecule has 0 aromatic heterocycles. The lowest BCUT2D eigenvalue weighted by molar-refractivity contribution is -0.124. The maximum Gasteiger partial charge on any atom is 0.238 e. The minimum absolute atomic E-state index is 0.00434. The zero-order valence-electron chi connectivity index (χ0n) is 17.9. The molecule has 2 N–H and O–H groups in total. The molecule has 0 bridgehead atoms. The van der Waals surface area contributed by atoms with E-state index in [-0.39, 0.29) is 17.9 Å². The summed E-state index contributed by atoms with van der Waals surface area (Å²) in [4.78, 5) is 28.9. The van der Waals surface area contributed by atoms with E-state index in [1.807, 2.05) is 37.3 Å². The van der Waals surface area contributed by atoms with Crippen LogP contribution in [-0.4, -0.2) is 60.9 Å². The van der Waals surface area contributed by atoms with Gasteiger partial charge < -0.3 is 10.6 Å². The first-order valence-corrected chi connectivity index (χ1v) is 10.7. The van der Waals surface area contributed by atoms with Crippen LogP contribution in [0.4, 0.5) is 5.69 Å². The van der Waals surface area contributed by atoms with Crippen LogP contribution in [0, 0.1) is 0 Å². The highest BCUT2D eigenvalue weighted by Crippen LogP contribution is 2.14. The molecule has 3 rings (SSSR count). The highest BCUT2D eigenvalue weighted by atomic mass is 16.2. The summed E-state index contributed by atoms with van der Waals surface area (Å²) in [6.07, 6.45) is 1.01. The third-order valence-electron chi connectivity index (χ3n) is 5.52. The van der Waals surface area contributed by atoms with Crippen LogP contribution in [0.2, 0.25) is 0 Å². The molecule has 6 heteroatoms. The van der Waals surface area contributed by atoms with E-state index in [9.17, 15) is 9.59 Å². The van der Waals surface area contributed by atoms with Crippen molar-refractivity contribution in [3.05, 3.63) is 65.7 Å². The molecule has 0 spiro atoms. The van der Waals surface area contributed by atoms with Crippen LogP contribution < -0.4 is 10.6 Å². The molecule has 0 radical (unpaired) electrons. The molecule has 0 aliphatic carbocycles. The van der Waals surface area contributed by atoms with E-state index >= 15 is 0 Å². The average Bonchev–Trinajstić information content (AvgIpc) is 2.75. The second kappa shape index (κ2) is 10.9. The summed E-state index contributed by atoms with van der Waals surface area (Å²) >= 11 is 0. The Bertz CT molecular complexity index is 815. The number of piperazine rings is 1. The number of para-hydroxylation sites is 1. The van der Waals surface area contributed by atoms with Gasteiger partial charge in [-0.05, 0) is 36.6 Å². The van der Waals surface area contributed by atoms with Crippen LogP contribution in [0.25, 0.3) is 0 Å². The van der Waals surface area contributed by atoms with Crippen molar-refractivity contribution in [2.24, 2.45) is 0 Å². The standard InChI is InChI=1S/C24H32N4O2/c1-3-20-9-11-21(12-10-20)19(2)25-23(29)17-27-13-15-28(16-14-27)18-24(30)26-22-7-5-4-6-8-22/h4-12,19H,3,13-18H2,1-2H3,(H,25,29)(H,26,30). The number of nitrogens with zero attached hydrogens (tertiary/aromatic N) is 2. The molecule has 1 aliphatic rings. The summed E-state index contributed by atoms with van der Waals surface area (Å²) in [6.45, 7) is 8.04. The van der Waals surface area contributed by atoms with Gasteiger partial charge in [-0.15, -0.1) is 0 Å². The van der Waals surface area contributed by atoms with E-state index < -0.39 is 0 Å². The fourth-order valence-corrected chi connectivity index (χ4v) is 3.65. The van der Waals surface area contributed by atoms with Crippen LogP contribution >= 0.6 is 0 Å². The number of rotatable bonds is 8. The van der Waals surface area contributed by atoms with Crippen LogP contribution in [0.1, 0.15) is 31.0 Å². The van der Waals surface area contributed by atoms with E-state index in [1.54, 1.807) is 0 Å². The van der Waals surface area contributed by atoms with Crippen molar-refractivity contribution in [2.75, 3.05) is 44.6 Å². The molecular weight excluding hydrogens is 376 g/mol. The molecule has 6 nitrogen and oxygen atoms in total. The van der Waals surface area contributed by atoms with Gasteiger partial charge in [0.2, 0.25) is 11.8 Å². The van der Waals surface area contributed by atoms with Crippen molar-refractivity contribution in [2.45, 2.75) is 26.3 Å². The molecule has 160 valence electrons. The van der Waals surface area contributed by atoms with Crippen LogP contribution in [0.15, 0.2) is 54.6 Å². The van der Waals surface area contributed by atoms with Crippen LogP contribution in [0.5, 0.6) is 0 Å². The number of benzene rings is 2. The number of hydrogen-bond donors (Lipinski definition) is 2. The number of carbonyl (C=O) groups is 2. The number of carbonyl (C=O) groups excluding carboxylic acids is 2. The van der Waals surface area contributed by atoms with E-state index in [1.165, 1.54) is 5.56 Å². The fourth-order valence-electron chi connectivity index (χ4n) is 3.65. The molecular formula is C24H32N4O2. The molecule has 1 unspecified atom stereocenters. The van der Waals surface area contributed by atoms with Crippen molar-refractivity contribution in [3.8, 4) is 0 Å². The van der Waals surface area contributed by atoms with Crippen molar-refractivity contribution in [1.29, 1.82) is 0 Å². The van der Waals surface area contributed by atoms with E-state index in [0.717, 1.165) is 43.9 Å². The number of anilines is 1. The average molecular weight is 409 g/mol. The predicted molar refractivity (Wildman–Crippen MR) is 120 cm³/mol. The number of amides is 2. The first kappa shape index (κ1) is 22.0. The molecule has 2 aromatic rings. The highest BCUT2D eigenvalue weighted by molar-refractivity contribution is 5.92. The third kappa shape index (κ3) is 6.68. The minimum atomic E-state index is -0.00798. The molecule has 30 heavy (non-hydrogen) atoms. The second-order valence-electron chi connectivity index (χ2n) is 7.85. The molecule has 1 fully saturated rings. The Morgan fingerprint density at radius 1 is 0.867 bits per heavy atom. The molecule has 1 heterocycles. The lowest BCUT2D eigenvalue weighted by Gasteiger charge is -2.34. The Balaban J connectivity index is 1.37. The van der Waals surface area contributed by atoms with Gasteiger partial charge in [0.1, 0.15) is 0 Å². The Morgan fingerprint density at radius 3 is 2.00 bits per heavy atom. The fraction of sp³-hybridized carbons (Fsp3) is 0.417. The van der Waals surface area contributed by atoms with Crippen LogP contribution in [-0.2, 0) is 16.0 Å². The Hall–Kier alpha value is -2.70. The maximum atomic E-state index is 12.5. The van der Waals surface area contributed by atoms with Gasteiger partial charge in [-0.25, -0.2) is 0 Å². The Labute approximate surface area is 179 Å². The molecule has 1 atom stereocenters. The molecule has 2 amide bonds. The predicted octanol–water partition coefficient (Wildman–Crippen LogP) is 2.68. The summed E-state index contributed by atoms with van der Waals surface area (Å²) in [6, 6.07) is 17.9. The first-order chi connectivity index (χ1) is 14.5. The van der Waals surface area contributed by atoms with Crippen molar-refractivity contribution >= 4 is 17.5 Å². The zero-order chi connectivity index (χ0) is 21.3. The third-order valence-corrected chi connectivity index (χ3v) is 5.52. The van der Waals surface area contributed by atoms with Gasteiger partial charge in [0.05, 0.1) is 19.1 Å². The van der Waals surface area contributed by atoms with Gasteiger partial charge in [-0.1, -0.05) is 49.4 Å². The summed E-state index contributed by atoms with van der Waals surface area (Å²) < 4.78 is 0. The molecule has 1 aliphatic heterocycles. The largest absolute Gasteiger partial charge is 0.348 e. The maximum absolute atomic E-state index is 12.5. The van der Waals surface area contributed by atoms with E-state index in [4.69, 9.17) is 0 Å². The monoisotopic (exact) mass is 408 g/mol. The zero-order valence-corrected chi connectivity index (χ0v) is 17.9. The van der Waals surface area contributed by atoms with Gasteiger partial charge in [-0.2, -0.15) is 0 Å². The number of hydrogen-bond acceptors (Lipinski definition) is 4. The highest BCUT2D eigenvalue weighted by Gasteiger charge is 2.21. The quantitative estimate of drug-likeness (QED) is 0.705. The SMILES string of the molecule is CCc1ccc(C(C)NC(=O)CN2CCN(CC(=O)Nc3ccccc3)CC2)cc1. The van der Waals surface area contributed by atoms with Gasteiger partial charge in [-0.3, -0.25) is 19.4 Å². The molecule has 0 saturated carbocycles. The van der Waals surface area contributed by atoms with Crippen LogP contribution in [0.3, 0.4) is 0 Å². The first-order valence-electron chi connectivity index (χ1n) is 10.7. The summed E-state index contributed by atoms with van der Waals surface area (Å²) in [7, 11) is 0. The lowest BCUT2D eigenvalue weighted by Crippen LogP contribution is -2.51. The van der Waals surface area contributed by atoms with Gasteiger partial charge in [0, 0.05) is 31.9 Å². The Morgan fingerprint density at radius 2 is 1.43 bits per heavy atom. The van der Waals surface area contributed by atoms with Gasteiger partial charge in [0.25, 0.3) is 0 Å². The van der Waals surface area contributed by atoms with Crippen molar-refractivity contribution < 1.29 is 9.59 Å². The second-order valence-corrected chi connectivity index (χ2v) is 7.85.